The number of hydrogen-bond donors (Lipinski definition) is 2. The van der Waals surface area contributed by atoms with Crippen molar-refractivity contribution in [2.24, 2.45) is 0 Å². The molecule has 0 bridgehead atoms. The number of amides is 2. The minimum atomic E-state index is -0.908. The zero-order valence-electron chi connectivity index (χ0n) is 14.2. The molecule has 0 atom stereocenters. The molecule has 0 spiro atoms. The van der Waals surface area contributed by atoms with Crippen LogP contribution in [-0.4, -0.2) is 34.1 Å². The van der Waals surface area contributed by atoms with Gasteiger partial charge in [0.1, 0.15) is 18.0 Å². The zero-order valence-corrected chi connectivity index (χ0v) is 15.7. The monoisotopic (exact) mass is 421 g/mol. The number of carbonyl (C=O) groups excluding carboxylic acids is 4. The standard InChI is InChI=1S/C18H13Cl2N3O5/c1-2-7-28-18(27)22-11-5-3-10(4-6-11)17(26)21-12-8-13(15(19)24)23-14(9-12)16(20)25/h2-6,8-9H,1,7H2,(H,22,27)(H,21,23,26). The third-order valence-corrected chi connectivity index (χ3v) is 3.60. The molecule has 0 saturated carbocycles. The average Bonchev–Trinajstić information content (AvgIpc) is 2.66. The molecular weight excluding hydrogens is 409 g/mol. The van der Waals surface area contributed by atoms with E-state index in [-0.39, 0.29) is 29.2 Å². The van der Waals surface area contributed by atoms with Crippen LogP contribution in [-0.2, 0) is 4.74 Å². The van der Waals surface area contributed by atoms with Crippen LogP contribution in [0.4, 0.5) is 16.2 Å². The molecule has 0 aliphatic heterocycles. The number of carbonyl (C=O) groups is 4. The second kappa shape index (κ2) is 9.63. The molecule has 10 heteroatoms. The van der Waals surface area contributed by atoms with Gasteiger partial charge in [-0.15, -0.1) is 0 Å². The number of aromatic nitrogens is 1. The summed E-state index contributed by atoms with van der Waals surface area (Å²) in [5.74, 6) is -0.534. The van der Waals surface area contributed by atoms with Gasteiger partial charge in [0.2, 0.25) is 0 Å². The first-order valence-corrected chi connectivity index (χ1v) is 8.43. The van der Waals surface area contributed by atoms with Crippen molar-refractivity contribution in [3.05, 3.63) is 66.0 Å². The molecule has 8 nitrogen and oxygen atoms in total. The molecule has 2 N–H and O–H groups in total. The third kappa shape index (κ3) is 5.90. The summed E-state index contributed by atoms with van der Waals surface area (Å²) in [6, 6.07) is 8.34. The van der Waals surface area contributed by atoms with E-state index in [1.165, 1.54) is 42.5 Å². The highest BCUT2D eigenvalue weighted by Gasteiger charge is 2.14. The molecule has 2 amide bonds. The van der Waals surface area contributed by atoms with Crippen LogP contribution >= 0.6 is 23.2 Å². The Bertz CT molecular complexity index is 912. The Labute approximate surface area is 169 Å². The molecule has 1 aromatic heterocycles. The lowest BCUT2D eigenvalue weighted by Crippen LogP contribution is -2.15. The van der Waals surface area contributed by atoms with Crippen LogP contribution in [0.2, 0.25) is 0 Å². The second-order valence-electron chi connectivity index (χ2n) is 5.22. The van der Waals surface area contributed by atoms with Gasteiger partial charge in [-0.1, -0.05) is 12.7 Å². The molecule has 0 saturated heterocycles. The Kier molecular flexibility index (Phi) is 7.25. The topological polar surface area (TPSA) is 114 Å². The van der Waals surface area contributed by atoms with Crippen molar-refractivity contribution >= 4 is 57.1 Å². The molecule has 28 heavy (non-hydrogen) atoms. The molecule has 2 rings (SSSR count). The number of halogens is 2. The summed E-state index contributed by atoms with van der Waals surface area (Å²) in [6.07, 6.45) is 0.767. The number of ether oxygens (including phenoxy) is 1. The van der Waals surface area contributed by atoms with Crippen LogP contribution < -0.4 is 10.6 Å². The van der Waals surface area contributed by atoms with Crippen LogP contribution in [0.5, 0.6) is 0 Å². The minimum Gasteiger partial charge on any atom is -0.445 e. The molecule has 0 unspecified atom stereocenters. The lowest BCUT2D eigenvalue weighted by Gasteiger charge is -2.09. The van der Waals surface area contributed by atoms with Crippen LogP contribution in [0.15, 0.2) is 49.1 Å². The van der Waals surface area contributed by atoms with Crippen LogP contribution in [0.1, 0.15) is 31.3 Å². The molecule has 0 fully saturated rings. The van der Waals surface area contributed by atoms with Crippen molar-refractivity contribution in [2.45, 2.75) is 0 Å². The van der Waals surface area contributed by atoms with Gasteiger partial charge >= 0.3 is 6.09 Å². The minimum absolute atomic E-state index is 0.0673. The largest absolute Gasteiger partial charge is 0.445 e. The van der Waals surface area contributed by atoms with Crippen molar-refractivity contribution in [3.63, 3.8) is 0 Å². The number of anilines is 2. The summed E-state index contributed by atoms with van der Waals surface area (Å²) in [5.41, 5.74) is 0.309. The summed E-state index contributed by atoms with van der Waals surface area (Å²) < 4.78 is 4.78. The maximum Gasteiger partial charge on any atom is 0.411 e. The first kappa shape index (κ1) is 21.1. The van der Waals surface area contributed by atoms with Gasteiger partial charge in [0, 0.05) is 16.9 Å². The van der Waals surface area contributed by atoms with Gasteiger partial charge in [0.15, 0.2) is 0 Å². The van der Waals surface area contributed by atoms with Gasteiger partial charge < -0.3 is 10.1 Å². The molecule has 1 aromatic carbocycles. The summed E-state index contributed by atoms with van der Waals surface area (Å²) in [7, 11) is 0. The Morgan fingerprint density at radius 3 is 2.04 bits per heavy atom. The van der Waals surface area contributed by atoms with E-state index in [1.54, 1.807) is 0 Å². The fourth-order valence-corrected chi connectivity index (χ4v) is 2.19. The predicted molar refractivity (Wildman–Crippen MR) is 104 cm³/mol. The Morgan fingerprint density at radius 1 is 0.964 bits per heavy atom. The summed E-state index contributed by atoms with van der Waals surface area (Å²) >= 11 is 10.8. The maximum absolute atomic E-state index is 12.4. The van der Waals surface area contributed by atoms with Gasteiger partial charge in [0.25, 0.3) is 16.4 Å². The van der Waals surface area contributed by atoms with Gasteiger partial charge in [0.05, 0.1) is 0 Å². The van der Waals surface area contributed by atoms with E-state index in [9.17, 15) is 19.2 Å². The van der Waals surface area contributed by atoms with E-state index in [4.69, 9.17) is 27.9 Å². The highest BCUT2D eigenvalue weighted by Crippen LogP contribution is 2.17. The summed E-state index contributed by atoms with van der Waals surface area (Å²) in [5, 5.41) is 3.18. The van der Waals surface area contributed by atoms with Crippen LogP contribution in [0, 0.1) is 0 Å². The van der Waals surface area contributed by atoms with E-state index in [0.29, 0.717) is 5.69 Å². The molecular formula is C18H13Cl2N3O5. The Balaban J connectivity index is 2.12. The predicted octanol–water partition coefficient (Wildman–Crippen LogP) is 3.83. The van der Waals surface area contributed by atoms with Crippen molar-refractivity contribution in [1.29, 1.82) is 0 Å². The molecule has 0 aliphatic carbocycles. The number of hydrogen-bond acceptors (Lipinski definition) is 6. The highest BCUT2D eigenvalue weighted by molar-refractivity contribution is 6.68. The number of rotatable bonds is 7. The van der Waals surface area contributed by atoms with Crippen molar-refractivity contribution in [3.8, 4) is 0 Å². The average molecular weight is 422 g/mol. The molecule has 2 aromatic rings. The Hall–Kier alpha value is -3.23. The first-order valence-electron chi connectivity index (χ1n) is 7.68. The second-order valence-corrected chi connectivity index (χ2v) is 5.90. The zero-order chi connectivity index (χ0) is 20.7. The molecule has 144 valence electrons. The number of benzene rings is 1. The quantitative estimate of drug-likeness (QED) is 0.518. The van der Waals surface area contributed by atoms with Crippen molar-refractivity contribution in [2.75, 3.05) is 17.2 Å². The number of nitrogens with one attached hydrogen (secondary N) is 2. The van der Waals surface area contributed by atoms with Crippen molar-refractivity contribution < 1.29 is 23.9 Å². The van der Waals surface area contributed by atoms with E-state index in [0.717, 1.165) is 0 Å². The summed E-state index contributed by atoms with van der Waals surface area (Å²) in [4.78, 5) is 50.1. The molecule has 0 radical (unpaired) electrons. The first-order chi connectivity index (χ1) is 13.3. The lowest BCUT2D eigenvalue weighted by atomic mass is 10.2. The molecule has 1 heterocycles. The van der Waals surface area contributed by atoms with E-state index < -0.39 is 22.5 Å². The fraction of sp³-hybridized carbons (Fsp3) is 0.0556. The lowest BCUT2D eigenvalue weighted by molar-refractivity contribution is 0.102. The van der Waals surface area contributed by atoms with E-state index in [1.807, 2.05) is 0 Å². The SMILES string of the molecule is C=CCOC(=O)Nc1ccc(C(=O)Nc2cc(C(=O)Cl)nc(C(=O)Cl)c2)cc1. The number of nitrogens with zero attached hydrogens (tertiary/aromatic N) is 1. The van der Waals surface area contributed by atoms with E-state index >= 15 is 0 Å². The van der Waals surface area contributed by atoms with Crippen LogP contribution in [0.25, 0.3) is 0 Å². The van der Waals surface area contributed by atoms with Gasteiger partial charge in [-0.25, -0.2) is 9.78 Å². The normalized spacial score (nSPS) is 9.93. The summed E-state index contributed by atoms with van der Waals surface area (Å²) in [6.45, 7) is 3.50. The highest BCUT2D eigenvalue weighted by atomic mass is 35.5. The van der Waals surface area contributed by atoms with E-state index in [2.05, 4.69) is 22.2 Å². The van der Waals surface area contributed by atoms with Crippen LogP contribution in [0.3, 0.4) is 0 Å². The Morgan fingerprint density at radius 2 is 1.54 bits per heavy atom. The van der Waals surface area contributed by atoms with Gasteiger partial charge in [-0.3, -0.25) is 19.7 Å². The molecule has 0 aliphatic rings. The fourth-order valence-electron chi connectivity index (χ4n) is 2.00. The van der Waals surface area contributed by atoms with Crippen molar-refractivity contribution in [1.82, 2.24) is 4.98 Å². The third-order valence-electron chi connectivity index (χ3n) is 3.21. The maximum atomic E-state index is 12.4. The van der Waals surface area contributed by atoms with Gasteiger partial charge in [-0.2, -0.15) is 0 Å². The number of pyridine rings is 1. The smallest absolute Gasteiger partial charge is 0.411 e. The van der Waals surface area contributed by atoms with Gasteiger partial charge in [-0.05, 0) is 59.6 Å².